The molecule has 0 radical (unpaired) electrons. The molecule has 2 rings (SSSR count). The van der Waals surface area contributed by atoms with Crippen LogP contribution in [0.15, 0.2) is 30.5 Å². The molecule has 18 heavy (non-hydrogen) atoms. The molecule has 92 valence electrons. The lowest BCUT2D eigenvalue weighted by Gasteiger charge is -1.94. The van der Waals surface area contributed by atoms with Crippen molar-refractivity contribution in [2.24, 2.45) is 0 Å². The van der Waals surface area contributed by atoms with E-state index >= 15 is 0 Å². The molecule has 0 bridgehead atoms. The van der Waals surface area contributed by atoms with Crippen LogP contribution in [0.3, 0.4) is 0 Å². The Hall–Kier alpha value is -2.72. The molecule has 0 saturated heterocycles. The Balaban J connectivity index is 0.000000492. The number of rotatable bonds is 3. The first kappa shape index (κ1) is 13.3. The monoisotopic (exact) mass is 247 g/mol. The van der Waals surface area contributed by atoms with E-state index < -0.39 is 11.8 Å². The summed E-state index contributed by atoms with van der Waals surface area (Å²) in [5, 5.41) is 9.39. The van der Waals surface area contributed by atoms with Gasteiger partial charge in [0, 0.05) is 23.5 Å². The van der Waals surface area contributed by atoms with E-state index in [-0.39, 0.29) is 12.6 Å². The number of para-hydroxylation sites is 1. The van der Waals surface area contributed by atoms with Crippen molar-refractivity contribution in [2.75, 3.05) is 0 Å². The summed E-state index contributed by atoms with van der Waals surface area (Å²) in [5.41, 5.74) is 1.63. The summed E-state index contributed by atoms with van der Waals surface area (Å²) < 4.78 is 0. The first-order valence-corrected chi connectivity index (χ1v) is 4.90. The molecular weight excluding hydrogens is 238 g/mol. The van der Waals surface area contributed by atoms with Crippen LogP contribution in [0, 0.1) is 0 Å². The largest absolute Gasteiger partial charge is 0.475 e. The highest BCUT2D eigenvalue weighted by molar-refractivity contribution is 6.33. The molecule has 2 N–H and O–H groups in total. The van der Waals surface area contributed by atoms with Gasteiger partial charge >= 0.3 is 12.1 Å². The molecule has 0 saturated carbocycles. The van der Waals surface area contributed by atoms with E-state index in [0.29, 0.717) is 0 Å². The van der Waals surface area contributed by atoms with E-state index in [1.165, 1.54) is 0 Å². The number of carboxylic acids is 1. The number of benzene rings is 1. The van der Waals surface area contributed by atoms with Crippen molar-refractivity contribution in [3.8, 4) is 0 Å². The topological polar surface area (TPSA) is 104 Å². The van der Waals surface area contributed by atoms with E-state index in [4.69, 9.17) is 14.7 Å². The summed E-state index contributed by atoms with van der Waals surface area (Å²) in [7, 11) is 0. The Bertz CT molecular complexity index is 608. The number of fused-ring (bicyclic) bond motifs is 1. The maximum Gasteiger partial charge on any atom is 0.373 e. The zero-order valence-corrected chi connectivity index (χ0v) is 9.17. The van der Waals surface area contributed by atoms with Gasteiger partial charge in [0.1, 0.15) is 0 Å². The zero-order valence-electron chi connectivity index (χ0n) is 9.17. The second-order valence-electron chi connectivity index (χ2n) is 3.35. The maximum absolute atomic E-state index is 11.0. The number of aromatic nitrogens is 1. The highest BCUT2D eigenvalue weighted by atomic mass is 16.4. The van der Waals surface area contributed by atoms with Gasteiger partial charge in [-0.2, -0.15) is 9.59 Å². The number of aliphatic carboxylic acids is 1. The van der Waals surface area contributed by atoms with Crippen LogP contribution in [0.1, 0.15) is 5.56 Å². The molecule has 0 unspecified atom stereocenters. The summed E-state index contributed by atoms with van der Waals surface area (Å²) in [6.45, 7) is 0. The Morgan fingerprint density at radius 2 is 1.83 bits per heavy atom. The molecule has 0 aliphatic carbocycles. The molecule has 6 nitrogen and oxygen atoms in total. The fraction of sp³-hybridized carbons (Fsp3) is 0.0833. The number of carbonyl (C=O) groups is 2. The lowest BCUT2D eigenvalue weighted by molar-refractivity contribution is -0.191. The number of Topliss-reactive ketones (excluding diaryl/α,β-unsaturated/α-hetero) is 1. The van der Waals surface area contributed by atoms with Gasteiger partial charge < -0.3 is 10.1 Å². The minimum Gasteiger partial charge on any atom is -0.475 e. The maximum atomic E-state index is 11.0. The number of carboxylic acid groups (broad SMARTS) is 1. The zero-order chi connectivity index (χ0) is 13.5. The predicted molar refractivity (Wildman–Crippen MR) is 59.7 cm³/mol. The van der Waals surface area contributed by atoms with Crippen LogP contribution in [0.25, 0.3) is 10.9 Å². The minimum absolute atomic E-state index is 0.0701. The second-order valence-corrected chi connectivity index (χ2v) is 3.35. The van der Waals surface area contributed by atoms with Crippen LogP contribution in [0.4, 0.5) is 0 Å². The predicted octanol–water partition coefficient (Wildman–Crippen LogP) is 0.781. The third kappa shape index (κ3) is 3.13. The average molecular weight is 247 g/mol. The van der Waals surface area contributed by atoms with Gasteiger partial charge in [0.05, 0.1) is 0 Å². The summed E-state index contributed by atoms with van der Waals surface area (Å²) >= 11 is 0. The van der Waals surface area contributed by atoms with Crippen molar-refractivity contribution in [3.63, 3.8) is 0 Å². The Morgan fingerprint density at radius 3 is 2.44 bits per heavy atom. The van der Waals surface area contributed by atoms with Crippen LogP contribution >= 0.6 is 0 Å². The average Bonchev–Trinajstić information content (AvgIpc) is 2.74. The van der Waals surface area contributed by atoms with Crippen molar-refractivity contribution >= 4 is 28.8 Å². The van der Waals surface area contributed by atoms with Crippen molar-refractivity contribution < 1.29 is 24.3 Å². The van der Waals surface area contributed by atoms with E-state index in [9.17, 15) is 9.59 Å². The lowest BCUT2D eigenvalue weighted by atomic mass is 10.1. The van der Waals surface area contributed by atoms with Gasteiger partial charge in [0.15, 0.2) is 0 Å². The molecular formula is C12H9NO5. The molecule has 0 aliphatic heterocycles. The number of ketones is 1. The SMILES string of the molecule is O=C(O)C(=O)Cc1c[nH]c2ccccc12.O=C=O. The number of hydrogen-bond donors (Lipinski definition) is 2. The molecule has 2 aromatic rings. The van der Waals surface area contributed by atoms with Gasteiger partial charge in [-0.3, -0.25) is 4.79 Å². The third-order valence-electron chi connectivity index (χ3n) is 2.26. The fourth-order valence-corrected chi connectivity index (χ4v) is 1.53. The number of hydrogen-bond acceptors (Lipinski definition) is 4. The number of H-pyrrole nitrogens is 1. The van der Waals surface area contributed by atoms with Gasteiger partial charge in [-0.15, -0.1) is 0 Å². The van der Waals surface area contributed by atoms with Crippen molar-refractivity contribution in [3.05, 3.63) is 36.0 Å². The molecule has 1 aromatic heterocycles. The van der Waals surface area contributed by atoms with Crippen molar-refractivity contribution in [1.29, 1.82) is 0 Å². The Labute approximate surface area is 101 Å². The highest BCUT2D eigenvalue weighted by Crippen LogP contribution is 2.18. The second kappa shape index (κ2) is 6.12. The molecule has 0 aliphatic rings. The van der Waals surface area contributed by atoms with Crippen molar-refractivity contribution in [2.45, 2.75) is 6.42 Å². The van der Waals surface area contributed by atoms with Crippen LogP contribution in [-0.4, -0.2) is 28.0 Å². The van der Waals surface area contributed by atoms with Gasteiger partial charge in [-0.1, -0.05) is 18.2 Å². The lowest BCUT2D eigenvalue weighted by Crippen LogP contribution is -2.14. The first-order valence-electron chi connectivity index (χ1n) is 4.90. The van der Waals surface area contributed by atoms with Crippen LogP contribution in [-0.2, 0) is 25.6 Å². The van der Waals surface area contributed by atoms with Crippen molar-refractivity contribution in [1.82, 2.24) is 4.98 Å². The minimum atomic E-state index is -1.39. The number of aromatic amines is 1. The Kier molecular flexibility index (Phi) is 4.54. The van der Waals surface area contributed by atoms with Crippen LogP contribution < -0.4 is 0 Å². The van der Waals surface area contributed by atoms with Crippen LogP contribution in [0.2, 0.25) is 0 Å². The molecule has 0 amide bonds. The summed E-state index contributed by atoms with van der Waals surface area (Å²) in [4.78, 5) is 40.7. The quantitative estimate of drug-likeness (QED) is 0.780. The van der Waals surface area contributed by atoms with Gasteiger partial charge in [-0.25, -0.2) is 4.79 Å². The standard InChI is InChI=1S/C11H9NO3.CO2/c13-10(11(14)15)5-7-6-12-9-4-2-1-3-8(7)9;2-1-3/h1-4,6,12H,5H2,(H,14,15);. The summed E-state index contributed by atoms with van der Waals surface area (Å²) in [6.07, 6.45) is 1.85. The third-order valence-corrected chi connectivity index (χ3v) is 2.26. The van der Waals surface area contributed by atoms with E-state index in [0.717, 1.165) is 16.5 Å². The van der Waals surface area contributed by atoms with Gasteiger partial charge in [-0.05, 0) is 11.6 Å². The van der Waals surface area contributed by atoms with Gasteiger partial charge in [0.25, 0.3) is 0 Å². The summed E-state index contributed by atoms with van der Waals surface area (Å²) in [6, 6.07) is 7.47. The molecule has 0 fully saturated rings. The molecule has 1 heterocycles. The van der Waals surface area contributed by atoms with E-state index in [1.807, 2.05) is 24.3 Å². The van der Waals surface area contributed by atoms with E-state index in [1.54, 1.807) is 6.20 Å². The van der Waals surface area contributed by atoms with Gasteiger partial charge in [0.2, 0.25) is 5.78 Å². The number of nitrogens with one attached hydrogen (secondary N) is 1. The summed E-state index contributed by atoms with van der Waals surface area (Å²) in [5.74, 6) is -2.18. The fourth-order valence-electron chi connectivity index (χ4n) is 1.53. The smallest absolute Gasteiger partial charge is 0.373 e. The first-order chi connectivity index (χ1) is 8.60. The van der Waals surface area contributed by atoms with E-state index in [2.05, 4.69) is 4.98 Å². The highest BCUT2D eigenvalue weighted by Gasteiger charge is 2.14. The normalized spacial score (nSPS) is 9.11. The van der Waals surface area contributed by atoms with Crippen LogP contribution in [0.5, 0.6) is 0 Å². The molecule has 1 aromatic carbocycles. The Morgan fingerprint density at radius 1 is 1.22 bits per heavy atom. The molecule has 0 atom stereocenters. The number of carbonyl (C=O) groups excluding carboxylic acids is 3. The molecule has 6 heteroatoms. The molecule has 0 spiro atoms.